The zero-order chi connectivity index (χ0) is 13.7. The number of likely N-dealkylation sites (tertiary alicyclic amines) is 1. The molecule has 1 aliphatic rings. The Bertz CT molecular complexity index is 424. The lowest BCUT2D eigenvalue weighted by Crippen LogP contribution is -2.42. The van der Waals surface area contributed by atoms with Crippen molar-refractivity contribution in [3.05, 3.63) is 35.4 Å². The molecule has 1 heterocycles. The first-order valence-electron chi connectivity index (χ1n) is 7.14. The van der Waals surface area contributed by atoms with Crippen LogP contribution in [0.2, 0.25) is 0 Å². The molecule has 0 radical (unpaired) electrons. The van der Waals surface area contributed by atoms with Crippen LogP contribution in [0.4, 0.5) is 0 Å². The van der Waals surface area contributed by atoms with E-state index in [9.17, 15) is 0 Å². The lowest BCUT2D eigenvalue weighted by atomic mass is 10.0. The van der Waals surface area contributed by atoms with Gasteiger partial charge in [-0.15, -0.1) is 0 Å². The van der Waals surface area contributed by atoms with Crippen LogP contribution in [0.15, 0.2) is 24.3 Å². The molecule has 0 amide bonds. The maximum Gasteiger partial charge on any atom is 0.0991 e. The molecule has 3 heteroatoms. The first kappa shape index (κ1) is 14.0. The van der Waals surface area contributed by atoms with Gasteiger partial charge in [0.25, 0.3) is 0 Å². The zero-order valence-corrected chi connectivity index (χ0v) is 12.0. The molecule has 102 valence electrons. The second kappa shape index (κ2) is 6.70. The molecule has 0 N–H and O–H groups in total. The Labute approximate surface area is 116 Å². The van der Waals surface area contributed by atoms with Crippen molar-refractivity contribution in [2.24, 2.45) is 0 Å². The van der Waals surface area contributed by atoms with Gasteiger partial charge in [-0.25, -0.2) is 0 Å². The van der Waals surface area contributed by atoms with Crippen molar-refractivity contribution in [3.63, 3.8) is 0 Å². The van der Waals surface area contributed by atoms with Gasteiger partial charge in [-0.2, -0.15) is 5.26 Å². The Balaban J connectivity index is 1.87. The summed E-state index contributed by atoms with van der Waals surface area (Å²) in [6.07, 6.45) is 2.53. The van der Waals surface area contributed by atoms with Crippen molar-refractivity contribution in [3.8, 4) is 6.07 Å². The summed E-state index contributed by atoms with van der Waals surface area (Å²) in [6, 6.07) is 10.8. The summed E-state index contributed by atoms with van der Waals surface area (Å²) >= 11 is 0. The van der Waals surface area contributed by atoms with Crippen LogP contribution < -0.4 is 0 Å². The molecule has 19 heavy (non-hydrogen) atoms. The number of nitrogens with zero attached hydrogens (tertiary/aromatic N) is 3. The van der Waals surface area contributed by atoms with Crippen LogP contribution in [0.1, 0.15) is 30.9 Å². The van der Waals surface area contributed by atoms with Gasteiger partial charge in [0.2, 0.25) is 0 Å². The van der Waals surface area contributed by atoms with Gasteiger partial charge >= 0.3 is 0 Å². The molecule has 1 saturated heterocycles. The predicted molar refractivity (Wildman–Crippen MR) is 77.8 cm³/mol. The molecule has 1 aliphatic heterocycles. The second-order valence-electron chi connectivity index (χ2n) is 5.39. The topological polar surface area (TPSA) is 30.3 Å². The van der Waals surface area contributed by atoms with Gasteiger partial charge in [-0.1, -0.05) is 19.1 Å². The van der Waals surface area contributed by atoms with E-state index in [-0.39, 0.29) is 0 Å². The average Bonchev–Trinajstić information content (AvgIpc) is 2.48. The van der Waals surface area contributed by atoms with Crippen LogP contribution in [0, 0.1) is 11.3 Å². The molecule has 0 saturated carbocycles. The number of hydrogen-bond donors (Lipinski definition) is 0. The van der Waals surface area contributed by atoms with Gasteiger partial charge in [0, 0.05) is 12.6 Å². The number of piperidine rings is 1. The first-order chi connectivity index (χ1) is 9.22. The molecular formula is C16H23N3. The molecule has 0 unspecified atom stereocenters. The minimum atomic E-state index is 0.693. The molecule has 0 atom stereocenters. The number of rotatable bonds is 4. The van der Waals surface area contributed by atoms with Crippen molar-refractivity contribution in [2.45, 2.75) is 32.4 Å². The summed E-state index contributed by atoms with van der Waals surface area (Å²) in [5, 5.41) is 8.80. The van der Waals surface area contributed by atoms with E-state index in [1.165, 1.54) is 38.0 Å². The van der Waals surface area contributed by atoms with E-state index in [2.05, 4.69) is 42.0 Å². The molecule has 1 aromatic carbocycles. The van der Waals surface area contributed by atoms with Gasteiger partial charge in [0.05, 0.1) is 11.6 Å². The van der Waals surface area contributed by atoms with E-state index in [1.807, 2.05) is 12.1 Å². The van der Waals surface area contributed by atoms with E-state index >= 15 is 0 Å². The van der Waals surface area contributed by atoms with Gasteiger partial charge in [0.15, 0.2) is 0 Å². The first-order valence-corrected chi connectivity index (χ1v) is 7.14. The summed E-state index contributed by atoms with van der Waals surface area (Å²) in [5.74, 6) is 0. The summed E-state index contributed by atoms with van der Waals surface area (Å²) in [6.45, 7) is 6.83. The van der Waals surface area contributed by atoms with Gasteiger partial charge < -0.3 is 4.90 Å². The smallest absolute Gasteiger partial charge is 0.0991 e. The monoisotopic (exact) mass is 257 g/mol. The Morgan fingerprint density at radius 1 is 1.26 bits per heavy atom. The van der Waals surface area contributed by atoms with E-state index < -0.39 is 0 Å². The van der Waals surface area contributed by atoms with Crippen molar-refractivity contribution in [2.75, 3.05) is 26.7 Å². The molecular weight excluding hydrogens is 234 g/mol. The maximum absolute atomic E-state index is 8.80. The van der Waals surface area contributed by atoms with Crippen molar-refractivity contribution in [1.82, 2.24) is 9.80 Å². The highest BCUT2D eigenvalue weighted by atomic mass is 15.2. The molecule has 3 nitrogen and oxygen atoms in total. The van der Waals surface area contributed by atoms with E-state index in [0.717, 1.165) is 12.1 Å². The van der Waals surface area contributed by atoms with E-state index in [4.69, 9.17) is 5.26 Å². The second-order valence-corrected chi connectivity index (χ2v) is 5.39. The van der Waals surface area contributed by atoms with Crippen LogP contribution in [0.3, 0.4) is 0 Å². The third-order valence-electron chi connectivity index (χ3n) is 4.14. The van der Waals surface area contributed by atoms with E-state index in [1.54, 1.807) is 0 Å². The predicted octanol–water partition coefficient (Wildman–Crippen LogP) is 2.47. The fourth-order valence-electron chi connectivity index (χ4n) is 2.78. The number of benzene rings is 1. The average molecular weight is 257 g/mol. The lowest BCUT2D eigenvalue weighted by molar-refractivity contribution is 0.127. The van der Waals surface area contributed by atoms with Crippen LogP contribution in [-0.4, -0.2) is 42.5 Å². The van der Waals surface area contributed by atoms with Crippen LogP contribution >= 0.6 is 0 Å². The summed E-state index contributed by atoms with van der Waals surface area (Å²) in [7, 11) is 2.21. The quantitative estimate of drug-likeness (QED) is 0.830. The SMILES string of the molecule is CCN1CCC(N(C)Cc2ccc(C#N)cc2)CC1. The Morgan fingerprint density at radius 2 is 1.89 bits per heavy atom. The minimum Gasteiger partial charge on any atom is -0.303 e. The normalized spacial score (nSPS) is 17.6. The van der Waals surface area contributed by atoms with Crippen molar-refractivity contribution >= 4 is 0 Å². The minimum absolute atomic E-state index is 0.693. The molecule has 2 rings (SSSR count). The molecule has 0 aromatic heterocycles. The third kappa shape index (κ3) is 3.79. The fourth-order valence-corrected chi connectivity index (χ4v) is 2.78. The maximum atomic E-state index is 8.80. The molecule has 0 aliphatic carbocycles. The highest BCUT2D eigenvalue weighted by molar-refractivity contribution is 5.31. The Kier molecular flexibility index (Phi) is 4.95. The zero-order valence-electron chi connectivity index (χ0n) is 12.0. The standard InChI is InChI=1S/C16H23N3/c1-3-19-10-8-16(9-11-19)18(2)13-15-6-4-14(12-17)5-7-15/h4-7,16H,3,8-11,13H2,1-2H3. The fraction of sp³-hybridized carbons (Fsp3) is 0.562. The highest BCUT2D eigenvalue weighted by Crippen LogP contribution is 2.17. The number of hydrogen-bond acceptors (Lipinski definition) is 3. The highest BCUT2D eigenvalue weighted by Gasteiger charge is 2.21. The lowest BCUT2D eigenvalue weighted by Gasteiger charge is -2.36. The van der Waals surface area contributed by atoms with Gasteiger partial charge in [-0.05, 0) is 57.2 Å². The Hall–Kier alpha value is -1.37. The van der Waals surface area contributed by atoms with Crippen LogP contribution in [0.25, 0.3) is 0 Å². The third-order valence-corrected chi connectivity index (χ3v) is 4.14. The summed E-state index contributed by atoms with van der Waals surface area (Å²) in [5.41, 5.74) is 2.03. The number of nitriles is 1. The van der Waals surface area contributed by atoms with Gasteiger partial charge in [-0.3, -0.25) is 4.90 Å². The van der Waals surface area contributed by atoms with Crippen LogP contribution in [0.5, 0.6) is 0 Å². The van der Waals surface area contributed by atoms with Crippen molar-refractivity contribution < 1.29 is 0 Å². The van der Waals surface area contributed by atoms with Crippen molar-refractivity contribution in [1.29, 1.82) is 5.26 Å². The molecule has 0 spiro atoms. The van der Waals surface area contributed by atoms with Gasteiger partial charge in [0.1, 0.15) is 0 Å². The summed E-state index contributed by atoms with van der Waals surface area (Å²) < 4.78 is 0. The Morgan fingerprint density at radius 3 is 2.42 bits per heavy atom. The molecule has 1 aromatic rings. The summed E-state index contributed by atoms with van der Waals surface area (Å²) in [4.78, 5) is 4.97. The largest absolute Gasteiger partial charge is 0.303 e. The van der Waals surface area contributed by atoms with Crippen LogP contribution in [-0.2, 0) is 6.54 Å². The van der Waals surface area contributed by atoms with E-state index in [0.29, 0.717) is 6.04 Å². The molecule has 1 fully saturated rings. The molecule has 0 bridgehead atoms.